The lowest BCUT2D eigenvalue weighted by atomic mass is 10.0. The van der Waals surface area contributed by atoms with Crippen molar-refractivity contribution in [2.75, 3.05) is 6.54 Å². The molecule has 0 saturated carbocycles. The number of rotatable bonds is 12. The van der Waals surface area contributed by atoms with Gasteiger partial charge in [0, 0.05) is 23.6 Å². The Balaban J connectivity index is 1.47. The lowest BCUT2D eigenvalue weighted by molar-refractivity contribution is -0.135. The van der Waals surface area contributed by atoms with E-state index in [0.29, 0.717) is 23.2 Å². The van der Waals surface area contributed by atoms with Gasteiger partial charge in [-0.25, -0.2) is 0 Å². The van der Waals surface area contributed by atoms with Gasteiger partial charge in [-0.05, 0) is 49.9 Å². The highest BCUT2D eigenvalue weighted by atomic mass is 35.5. The van der Waals surface area contributed by atoms with E-state index in [9.17, 15) is 4.79 Å². The van der Waals surface area contributed by atoms with Crippen LogP contribution in [-0.4, -0.2) is 27.5 Å². The maximum absolute atomic E-state index is 12.9. The number of amides is 1. The second-order valence-electron chi connectivity index (χ2n) is 8.64. The van der Waals surface area contributed by atoms with E-state index in [-0.39, 0.29) is 11.9 Å². The van der Waals surface area contributed by atoms with Gasteiger partial charge < -0.3 is 9.42 Å². The van der Waals surface area contributed by atoms with Crippen LogP contribution >= 0.6 is 11.6 Å². The number of carbonyl (C=O) groups excluding carboxylic acids is 1. The molecule has 6 heteroatoms. The van der Waals surface area contributed by atoms with Crippen LogP contribution in [0.3, 0.4) is 0 Å². The van der Waals surface area contributed by atoms with Crippen LogP contribution in [0.15, 0.2) is 28.8 Å². The van der Waals surface area contributed by atoms with Crippen molar-refractivity contribution in [1.82, 2.24) is 15.0 Å². The summed E-state index contributed by atoms with van der Waals surface area (Å²) in [7, 11) is 0. The summed E-state index contributed by atoms with van der Waals surface area (Å²) in [5.74, 6) is 1.31. The Morgan fingerprint density at radius 3 is 2.42 bits per heavy atom. The zero-order chi connectivity index (χ0) is 21.9. The summed E-state index contributed by atoms with van der Waals surface area (Å²) in [6.07, 6.45) is 14.9. The Kier molecular flexibility index (Phi) is 9.85. The van der Waals surface area contributed by atoms with Crippen LogP contribution in [-0.2, 0) is 4.79 Å². The molecule has 1 saturated heterocycles. The molecule has 0 bridgehead atoms. The average molecular weight is 446 g/mol. The fourth-order valence-corrected chi connectivity index (χ4v) is 4.43. The summed E-state index contributed by atoms with van der Waals surface area (Å²) >= 11 is 5.97. The summed E-state index contributed by atoms with van der Waals surface area (Å²) in [6.45, 7) is 3.03. The Morgan fingerprint density at radius 1 is 1.03 bits per heavy atom. The van der Waals surface area contributed by atoms with Crippen LogP contribution in [0.25, 0.3) is 11.4 Å². The molecular formula is C25H36ClN3O2. The molecule has 1 aliphatic rings. The molecule has 1 fully saturated rings. The van der Waals surface area contributed by atoms with Gasteiger partial charge >= 0.3 is 0 Å². The predicted octanol–water partition coefficient (Wildman–Crippen LogP) is 7.36. The molecule has 0 spiro atoms. The number of hydrogen-bond donors (Lipinski definition) is 0. The van der Waals surface area contributed by atoms with Crippen LogP contribution in [0.4, 0.5) is 0 Å². The molecule has 5 nitrogen and oxygen atoms in total. The second kappa shape index (κ2) is 12.8. The minimum Gasteiger partial charge on any atom is -0.337 e. The number of piperidine rings is 1. The standard InChI is InChI=1S/C25H36ClN3O2/c1-2-3-4-5-6-7-8-9-10-14-23(30)29-19-12-11-13-22(29)25-27-24(28-31-25)20-15-17-21(26)18-16-20/h15-18,22H,2-14,19H2,1H3. The Morgan fingerprint density at radius 2 is 1.71 bits per heavy atom. The third-order valence-electron chi connectivity index (χ3n) is 6.15. The number of unbranched alkanes of at least 4 members (excludes halogenated alkanes) is 8. The molecule has 1 amide bonds. The first-order valence-electron chi connectivity index (χ1n) is 12.1. The van der Waals surface area contributed by atoms with E-state index in [1.165, 1.54) is 44.9 Å². The smallest absolute Gasteiger partial charge is 0.249 e. The van der Waals surface area contributed by atoms with E-state index in [4.69, 9.17) is 16.1 Å². The highest BCUT2D eigenvalue weighted by Gasteiger charge is 2.31. The van der Waals surface area contributed by atoms with E-state index < -0.39 is 0 Å². The molecule has 1 aliphatic heterocycles. The summed E-state index contributed by atoms with van der Waals surface area (Å²) in [6, 6.07) is 7.28. The first-order valence-corrected chi connectivity index (χ1v) is 12.5. The molecule has 1 aromatic heterocycles. The lowest BCUT2D eigenvalue weighted by Gasteiger charge is -2.33. The molecular weight excluding hydrogens is 410 g/mol. The fourth-order valence-electron chi connectivity index (χ4n) is 4.30. The maximum atomic E-state index is 12.9. The molecule has 31 heavy (non-hydrogen) atoms. The van der Waals surface area contributed by atoms with Gasteiger partial charge in [-0.2, -0.15) is 4.98 Å². The number of aromatic nitrogens is 2. The molecule has 0 aliphatic carbocycles. The average Bonchev–Trinajstić information content (AvgIpc) is 3.28. The molecule has 1 atom stereocenters. The minimum atomic E-state index is -0.103. The molecule has 0 radical (unpaired) electrons. The summed E-state index contributed by atoms with van der Waals surface area (Å²) in [5.41, 5.74) is 0.864. The van der Waals surface area contributed by atoms with Gasteiger partial charge in [0.05, 0.1) is 0 Å². The fraction of sp³-hybridized carbons (Fsp3) is 0.640. The third kappa shape index (κ3) is 7.34. The van der Waals surface area contributed by atoms with Gasteiger partial charge in [0.2, 0.25) is 17.6 Å². The Bertz CT molecular complexity index is 790. The number of benzene rings is 1. The molecule has 2 aromatic rings. The van der Waals surface area contributed by atoms with Crippen molar-refractivity contribution in [1.29, 1.82) is 0 Å². The van der Waals surface area contributed by atoms with Crippen LogP contribution < -0.4 is 0 Å². The lowest BCUT2D eigenvalue weighted by Crippen LogP contribution is -2.38. The van der Waals surface area contributed by atoms with Gasteiger partial charge in [-0.1, -0.05) is 75.0 Å². The first kappa shape index (κ1) is 23.8. The minimum absolute atomic E-state index is 0.103. The number of nitrogens with zero attached hydrogens (tertiary/aromatic N) is 3. The predicted molar refractivity (Wildman–Crippen MR) is 125 cm³/mol. The number of hydrogen-bond acceptors (Lipinski definition) is 4. The summed E-state index contributed by atoms with van der Waals surface area (Å²) in [4.78, 5) is 19.5. The van der Waals surface area contributed by atoms with Crippen molar-refractivity contribution in [3.05, 3.63) is 35.2 Å². The van der Waals surface area contributed by atoms with Gasteiger partial charge in [0.15, 0.2) is 0 Å². The van der Waals surface area contributed by atoms with Crippen LogP contribution in [0.1, 0.15) is 102 Å². The summed E-state index contributed by atoms with van der Waals surface area (Å²) < 4.78 is 5.58. The maximum Gasteiger partial charge on any atom is 0.249 e. The highest BCUT2D eigenvalue weighted by molar-refractivity contribution is 6.30. The Hall–Kier alpha value is -1.88. The Labute approximate surface area is 191 Å². The van der Waals surface area contributed by atoms with E-state index in [0.717, 1.165) is 44.2 Å². The molecule has 0 N–H and O–H groups in total. The SMILES string of the molecule is CCCCCCCCCCCC(=O)N1CCCCC1c1nc(-c2ccc(Cl)cc2)no1. The van der Waals surface area contributed by atoms with Crippen molar-refractivity contribution < 1.29 is 9.32 Å². The van der Waals surface area contributed by atoms with Crippen molar-refractivity contribution in [2.45, 2.75) is 96.4 Å². The summed E-state index contributed by atoms with van der Waals surface area (Å²) in [5, 5.41) is 4.81. The topological polar surface area (TPSA) is 59.2 Å². The van der Waals surface area contributed by atoms with E-state index in [1.807, 2.05) is 29.2 Å². The van der Waals surface area contributed by atoms with Gasteiger partial charge in [-0.15, -0.1) is 0 Å². The van der Waals surface area contributed by atoms with Crippen molar-refractivity contribution in [2.24, 2.45) is 0 Å². The quantitative estimate of drug-likeness (QED) is 0.320. The monoisotopic (exact) mass is 445 g/mol. The second-order valence-corrected chi connectivity index (χ2v) is 9.08. The van der Waals surface area contributed by atoms with Crippen LogP contribution in [0, 0.1) is 0 Å². The zero-order valence-corrected chi connectivity index (χ0v) is 19.6. The number of likely N-dealkylation sites (tertiary alicyclic amines) is 1. The number of halogens is 1. The van der Waals surface area contributed by atoms with E-state index in [1.54, 1.807) is 0 Å². The van der Waals surface area contributed by atoms with E-state index in [2.05, 4.69) is 17.1 Å². The van der Waals surface area contributed by atoms with Gasteiger partial charge in [0.1, 0.15) is 6.04 Å². The van der Waals surface area contributed by atoms with E-state index >= 15 is 0 Å². The first-order chi connectivity index (χ1) is 15.2. The van der Waals surface area contributed by atoms with Crippen molar-refractivity contribution >= 4 is 17.5 Å². The number of carbonyl (C=O) groups is 1. The molecule has 3 rings (SSSR count). The van der Waals surface area contributed by atoms with Crippen molar-refractivity contribution in [3.63, 3.8) is 0 Å². The molecule has 170 valence electrons. The largest absolute Gasteiger partial charge is 0.337 e. The van der Waals surface area contributed by atoms with Crippen molar-refractivity contribution in [3.8, 4) is 11.4 Å². The third-order valence-corrected chi connectivity index (χ3v) is 6.40. The normalized spacial score (nSPS) is 16.6. The molecule has 2 heterocycles. The molecule has 1 aromatic carbocycles. The van der Waals surface area contributed by atoms with Crippen LogP contribution in [0.2, 0.25) is 5.02 Å². The van der Waals surface area contributed by atoms with Gasteiger partial charge in [0.25, 0.3) is 0 Å². The van der Waals surface area contributed by atoms with Gasteiger partial charge in [-0.3, -0.25) is 4.79 Å². The van der Waals surface area contributed by atoms with Crippen LogP contribution in [0.5, 0.6) is 0 Å². The highest BCUT2D eigenvalue weighted by Crippen LogP contribution is 2.32. The molecule has 1 unspecified atom stereocenters. The zero-order valence-electron chi connectivity index (χ0n) is 18.8.